The van der Waals surface area contributed by atoms with Crippen molar-refractivity contribution in [3.05, 3.63) is 36.0 Å². The lowest BCUT2D eigenvalue weighted by Crippen LogP contribution is -2.59. The third-order valence-corrected chi connectivity index (χ3v) is 6.92. The fourth-order valence-corrected chi connectivity index (χ4v) is 5.84. The Hall–Kier alpha value is -1.65. The number of fused-ring (bicyclic) bond motifs is 1. The molecular weight excluding hydrogens is 300 g/mol. The predicted octanol–water partition coefficient (Wildman–Crippen LogP) is 3.15. The number of methoxy groups -OCH3 is 1. The van der Waals surface area contributed by atoms with Crippen molar-refractivity contribution in [1.82, 2.24) is 9.88 Å². The van der Waals surface area contributed by atoms with Crippen molar-refractivity contribution in [3.63, 3.8) is 0 Å². The van der Waals surface area contributed by atoms with E-state index in [0.29, 0.717) is 5.54 Å². The molecule has 2 aliphatic heterocycles. The van der Waals surface area contributed by atoms with E-state index in [1.807, 2.05) is 24.3 Å². The molecule has 3 fully saturated rings. The summed E-state index contributed by atoms with van der Waals surface area (Å²) in [5.74, 6) is 2.56. The van der Waals surface area contributed by atoms with E-state index in [1.54, 1.807) is 13.3 Å². The fraction of sp³-hybridized carbons (Fsp3) is 0.550. The maximum atomic E-state index is 11.1. The molecule has 1 aromatic heterocycles. The first-order valence-electron chi connectivity index (χ1n) is 9.08. The minimum atomic E-state index is -0.454. The van der Waals surface area contributed by atoms with Crippen molar-refractivity contribution in [2.24, 2.45) is 11.8 Å². The average molecular weight is 324 g/mol. The zero-order valence-corrected chi connectivity index (χ0v) is 14.3. The topological polar surface area (TPSA) is 45.6 Å². The van der Waals surface area contributed by atoms with Crippen LogP contribution < -0.4 is 4.74 Å². The highest BCUT2D eigenvalue weighted by Crippen LogP contribution is 2.71. The molecule has 3 aliphatic rings. The Labute approximate surface area is 142 Å². The molecule has 126 valence electrons. The van der Waals surface area contributed by atoms with Gasteiger partial charge >= 0.3 is 0 Å². The van der Waals surface area contributed by atoms with Gasteiger partial charge < -0.3 is 9.84 Å². The van der Waals surface area contributed by atoms with Gasteiger partial charge in [0.2, 0.25) is 0 Å². The van der Waals surface area contributed by atoms with Crippen LogP contribution >= 0.6 is 0 Å². The van der Waals surface area contributed by atoms with Crippen LogP contribution in [0.3, 0.4) is 0 Å². The van der Waals surface area contributed by atoms with Crippen LogP contribution in [0.25, 0.3) is 10.9 Å². The van der Waals surface area contributed by atoms with Gasteiger partial charge in [-0.2, -0.15) is 0 Å². The maximum Gasteiger partial charge on any atom is 0.119 e. The number of aliphatic hydroxyl groups is 1. The maximum absolute atomic E-state index is 11.1. The molecule has 4 heteroatoms. The standard InChI is InChI=1S/C20H24N2O2/c1-3-15-16-7-9-22-18(11-20(15,16)22)19(23)13-6-8-21-17-5-4-12(24-2)10-14(13)17/h4-6,8,10,15-16,18-19,23H,3,7,9,11H2,1-2H3/t15?,16?,18?,19-,20?/m1/s1. The van der Waals surface area contributed by atoms with Gasteiger partial charge in [0, 0.05) is 23.2 Å². The number of benzene rings is 1. The summed E-state index contributed by atoms with van der Waals surface area (Å²) < 4.78 is 5.36. The van der Waals surface area contributed by atoms with Gasteiger partial charge in [-0.3, -0.25) is 9.88 Å². The molecule has 5 atom stereocenters. The number of rotatable bonds is 4. The number of aliphatic hydroxyl groups excluding tert-OH is 1. The Morgan fingerprint density at radius 3 is 3.04 bits per heavy atom. The molecule has 1 N–H and O–H groups in total. The van der Waals surface area contributed by atoms with Crippen LogP contribution in [0.2, 0.25) is 0 Å². The third-order valence-electron chi connectivity index (χ3n) is 6.92. The first kappa shape index (κ1) is 14.7. The van der Waals surface area contributed by atoms with Crippen molar-refractivity contribution in [2.75, 3.05) is 13.7 Å². The highest BCUT2D eigenvalue weighted by Gasteiger charge is 2.76. The lowest BCUT2D eigenvalue weighted by Gasteiger charge is -2.51. The minimum absolute atomic E-state index is 0.253. The summed E-state index contributed by atoms with van der Waals surface area (Å²) in [5.41, 5.74) is 2.34. The van der Waals surface area contributed by atoms with Gasteiger partial charge in [0.25, 0.3) is 0 Å². The second kappa shape index (κ2) is 4.93. The van der Waals surface area contributed by atoms with E-state index in [2.05, 4.69) is 16.8 Å². The van der Waals surface area contributed by atoms with E-state index >= 15 is 0 Å². The van der Waals surface area contributed by atoms with E-state index < -0.39 is 6.10 Å². The van der Waals surface area contributed by atoms with Crippen molar-refractivity contribution in [2.45, 2.75) is 43.9 Å². The SMILES string of the molecule is CCC1C2CCN3C([C@H](O)c4ccnc5ccc(OC)cc45)CC123. The van der Waals surface area contributed by atoms with Crippen LogP contribution in [0.4, 0.5) is 0 Å². The summed E-state index contributed by atoms with van der Waals surface area (Å²) in [7, 11) is 1.67. The molecule has 3 heterocycles. The Morgan fingerprint density at radius 1 is 1.42 bits per heavy atom. The van der Waals surface area contributed by atoms with Gasteiger partial charge in [0.1, 0.15) is 5.75 Å². The highest BCUT2D eigenvalue weighted by molar-refractivity contribution is 5.84. The quantitative estimate of drug-likeness (QED) is 0.938. The molecule has 2 saturated heterocycles. The van der Waals surface area contributed by atoms with Crippen LogP contribution in [-0.4, -0.2) is 40.2 Å². The van der Waals surface area contributed by atoms with E-state index in [0.717, 1.165) is 47.0 Å². The van der Waals surface area contributed by atoms with Crippen molar-refractivity contribution >= 4 is 10.9 Å². The van der Waals surface area contributed by atoms with E-state index in [-0.39, 0.29) is 6.04 Å². The molecule has 0 amide bonds. The van der Waals surface area contributed by atoms with E-state index in [1.165, 1.54) is 12.8 Å². The summed E-state index contributed by atoms with van der Waals surface area (Å²) >= 11 is 0. The summed E-state index contributed by atoms with van der Waals surface area (Å²) in [6.07, 6.45) is 5.09. The molecular formula is C20H24N2O2. The summed E-state index contributed by atoms with van der Waals surface area (Å²) in [5, 5.41) is 12.1. The molecule has 1 aromatic carbocycles. The lowest BCUT2D eigenvalue weighted by molar-refractivity contribution is -0.0689. The monoisotopic (exact) mass is 324 g/mol. The van der Waals surface area contributed by atoms with Gasteiger partial charge in [0.15, 0.2) is 0 Å². The van der Waals surface area contributed by atoms with Gasteiger partial charge in [-0.05, 0) is 61.1 Å². The largest absolute Gasteiger partial charge is 0.497 e. The zero-order chi connectivity index (χ0) is 16.5. The molecule has 24 heavy (non-hydrogen) atoms. The van der Waals surface area contributed by atoms with Crippen molar-refractivity contribution in [3.8, 4) is 5.75 Å². The van der Waals surface area contributed by atoms with Gasteiger partial charge in [-0.25, -0.2) is 0 Å². The number of ether oxygens (including phenoxy) is 1. The second-order valence-corrected chi connectivity index (χ2v) is 7.59. The lowest BCUT2D eigenvalue weighted by atomic mass is 9.82. The van der Waals surface area contributed by atoms with Crippen molar-refractivity contribution in [1.29, 1.82) is 0 Å². The molecule has 0 radical (unpaired) electrons. The Bertz CT molecular complexity index is 801. The Balaban J connectivity index is 1.48. The van der Waals surface area contributed by atoms with Gasteiger partial charge in [-0.1, -0.05) is 13.3 Å². The number of hydrogen-bond donors (Lipinski definition) is 1. The molecule has 1 saturated carbocycles. The number of pyridine rings is 1. The smallest absolute Gasteiger partial charge is 0.119 e. The third kappa shape index (κ3) is 1.68. The van der Waals surface area contributed by atoms with Crippen LogP contribution in [0.5, 0.6) is 5.75 Å². The van der Waals surface area contributed by atoms with E-state index in [9.17, 15) is 5.11 Å². The summed E-state index contributed by atoms with van der Waals surface area (Å²) in [6.45, 7) is 3.46. The number of aromatic nitrogens is 1. The number of hydrogen-bond acceptors (Lipinski definition) is 4. The molecule has 2 aromatic rings. The summed E-state index contributed by atoms with van der Waals surface area (Å²) in [6, 6.07) is 8.10. The average Bonchev–Trinajstić information content (AvgIpc) is 3.18. The van der Waals surface area contributed by atoms with Crippen molar-refractivity contribution < 1.29 is 9.84 Å². The van der Waals surface area contributed by atoms with E-state index in [4.69, 9.17) is 4.74 Å². The molecule has 1 spiro atoms. The highest BCUT2D eigenvalue weighted by atomic mass is 16.5. The fourth-order valence-electron chi connectivity index (χ4n) is 5.84. The van der Waals surface area contributed by atoms with Gasteiger partial charge in [-0.15, -0.1) is 0 Å². The van der Waals surface area contributed by atoms with Crippen LogP contribution in [0.1, 0.15) is 37.9 Å². The summed E-state index contributed by atoms with van der Waals surface area (Å²) in [4.78, 5) is 7.04. The first-order valence-corrected chi connectivity index (χ1v) is 9.08. The van der Waals surface area contributed by atoms with Gasteiger partial charge in [0.05, 0.1) is 18.7 Å². The Morgan fingerprint density at radius 2 is 2.29 bits per heavy atom. The molecule has 4 nitrogen and oxygen atoms in total. The number of piperidine rings is 1. The molecule has 1 aliphatic carbocycles. The minimum Gasteiger partial charge on any atom is -0.497 e. The predicted molar refractivity (Wildman–Crippen MR) is 93.0 cm³/mol. The second-order valence-electron chi connectivity index (χ2n) is 7.59. The first-order chi connectivity index (χ1) is 11.7. The molecule has 4 unspecified atom stereocenters. The normalized spacial score (nSPS) is 35.2. The Kier molecular flexibility index (Phi) is 3.01. The molecule has 5 rings (SSSR count). The zero-order valence-electron chi connectivity index (χ0n) is 14.3. The van der Waals surface area contributed by atoms with Crippen LogP contribution in [0, 0.1) is 11.8 Å². The molecule has 0 bridgehead atoms. The van der Waals surface area contributed by atoms with Crippen LogP contribution in [-0.2, 0) is 0 Å². The van der Waals surface area contributed by atoms with Crippen LogP contribution in [0.15, 0.2) is 30.5 Å². The number of nitrogens with zero attached hydrogens (tertiary/aromatic N) is 2.